The molecule has 1 unspecified atom stereocenters. The Balaban J connectivity index is 1.49. The fourth-order valence-electron chi connectivity index (χ4n) is 3.75. The van der Waals surface area contributed by atoms with E-state index in [9.17, 15) is 14.7 Å². The van der Waals surface area contributed by atoms with Crippen molar-refractivity contribution in [1.29, 1.82) is 0 Å². The van der Waals surface area contributed by atoms with E-state index in [2.05, 4.69) is 15.5 Å². The molecule has 1 aromatic carbocycles. The lowest BCUT2D eigenvalue weighted by molar-refractivity contribution is 0.0936. The van der Waals surface area contributed by atoms with E-state index in [1.165, 1.54) is 16.8 Å². The molecule has 1 amide bonds. The molecule has 0 aliphatic heterocycles. The molecule has 2 N–H and O–H groups in total. The smallest absolute Gasteiger partial charge is 0.252 e. The summed E-state index contributed by atoms with van der Waals surface area (Å²) < 4.78 is 6.57. The number of pyridine rings is 1. The van der Waals surface area contributed by atoms with Crippen LogP contribution < -0.4 is 10.9 Å². The summed E-state index contributed by atoms with van der Waals surface area (Å²) in [6.07, 6.45) is 3.21. The number of aliphatic hydroxyl groups excluding tert-OH is 1. The van der Waals surface area contributed by atoms with Gasteiger partial charge in [-0.15, -0.1) is 0 Å². The summed E-state index contributed by atoms with van der Waals surface area (Å²) in [4.78, 5) is 29.2. The molecule has 2 aromatic heterocycles. The highest BCUT2D eigenvalue weighted by molar-refractivity contribution is 5.94. The van der Waals surface area contributed by atoms with Gasteiger partial charge in [0.2, 0.25) is 11.7 Å². The first kappa shape index (κ1) is 20.0. The first-order valence-electron chi connectivity index (χ1n) is 10.1. The third-order valence-electron chi connectivity index (χ3n) is 5.27. The molecule has 156 valence electrons. The van der Waals surface area contributed by atoms with Crippen LogP contribution in [0, 0.1) is 0 Å². The van der Waals surface area contributed by atoms with E-state index in [0.717, 1.165) is 29.5 Å². The van der Waals surface area contributed by atoms with Gasteiger partial charge in [0.05, 0.1) is 18.7 Å². The van der Waals surface area contributed by atoms with Gasteiger partial charge in [-0.25, -0.2) is 0 Å². The van der Waals surface area contributed by atoms with Gasteiger partial charge in [0.1, 0.15) is 0 Å². The third-order valence-corrected chi connectivity index (χ3v) is 5.27. The Morgan fingerprint density at radius 3 is 2.90 bits per heavy atom. The van der Waals surface area contributed by atoms with Crippen LogP contribution in [0.5, 0.6) is 0 Å². The van der Waals surface area contributed by atoms with Crippen LogP contribution in [0.25, 0.3) is 11.4 Å². The molecule has 8 heteroatoms. The third kappa shape index (κ3) is 4.04. The standard InChI is InChI=1S/C22H24N4O4/c1-3-19-24-21(25-30-19)15-4-6-17-14(10-15)5-7-18(17)23-22(29)16-8-9-26(12-13(2)27)20(28)11-16/h4,6,8-11,13,18,27H,3,5,7,12H2,1-2H3,(H,23,29)/t13?,18-/m1/s1. The number of hydrogen-bond donors (Lipinski definition) is 2. The molecule has 2 heterocycles. The van der Waals surface area contributed by atoms with Crippen LogP contribution >= 0.6 is 0 Å². The van der Waals surface area contributed by atoms with Gasteiger partial charge in [-0.05, 0) is 43.0 Å². The van der Waals surface area contributed by atoms with Crippen molar-refractivity contribution in [2.75, 3.05) is 0 Å². The first-order valence-corrected chi connectivity index (χ1v) is 10.1. The predicted molar refractivity (Wildman–Crippen MR) is 110 cm³/mol. The minimum absolute atomic E-state index is 0.113. The van der Waals surface area contributed by atoms with E-state index >= 15 is 0 Å². The maximum atomic E-state index is 12.7. The number of aryl methyl sites for hydroxylation is 2. The van der Waals surface area contributed by atoms with E-state index in [1.54, 1.807) is 13.0 Å². The number of rotatable bonds is 6. The number of aliphatic hydroxyl groups is 1. The minimum Gasteiger partial charge on any atom is -0.392 e. The molecule has 1 aliphatic carbocycles. The highest BCUT2D eigenvalue weighted by Gasteiger charge is 2.25. The molecule has 0 saturated carbocycles. The van der Waals surface area contributed by atoms with Crippen LogP contribution in [-0.4, -0.2) is 31.8 Å². The second-order valence-electron chi connectivity index (χ2n) is 7.60. The molecule has 2 atom stereocenters. The van der Waals surface area contributed by atoms with Crippen molar-refractivity contribution in [2.45, 2.75) is 51.8 Å². The molecule has 4 rings (SSSR count). The van der Waals surface area contributed by atoms with Gasteiger partial charge in [0.15, 0.2) is 0 Å². The molecule has 1 aliphatic rings. The molecule has 30 heavy (non-hydrogen) atoms. The summed E-state index contributed by atoms with van der Waals surface area (Å²) in [5.74, 6) is 0.884. The van der Waals surface area contributed by atoms with E-state index in [-0.39, 0.29) is 24.1 Å². The van der Waals surface area contributed by atoms with Crippen molar-refractivity contribution in [3.63, 3.8) is 0 Å². The molecule has 0 spiro atoms. The van der Waals surface area contributed by atoms with Crippen LogP contribution in [-0.2, 0) is 19.4 Å². The number of aromatic nitrogens is 3. The maximum absolute atomic E-state index is 12.7. The molecule has 0 bridgehead atoms. The van der Waals surface area contributed by atoms with Crippen LogP contribution in [0.3, 0.4) is 0 Å². The van der Waals surface area contributed by atoms with E-state index in [1.807, 2.05) is 25.1 Å². The zero-order valence-electron chi connectivity index (χ0n) is 17.0. The maximum Gasteiger partial charge on any atom is 0.252 e. The average Bonchev–Trinajstić information content (AvgIpc) is 3.36. The predicted octanol–water partition coefficient (Wildman–Crippen LogP) is 2.26. The Morgan fingerprint density at radius 1 is 1.37 bits per heavy atom. The highest BCUT2D eigenvalue weighted by atomic mass is 16.5. The van der Waals surface area contributed by atoms with Crippen molar-refractivity contribution in [3.05, 3.63) is 69.5 Å². The fraction of sp³-hybridized carbons (Fsp3) is 0.364. The molecule has 8 nitrogen and oxygen atoms in total. The lowest BCUT2D eigenvalue weighted by Gasteiger charge is -2.15. The number of amides is 1. The van der Waals surface area contributed by atoms with Crippen molar-refractivity contribution in [3.8, 4) is 11.4 Å². The van der Waals surface area contributed by atoms with Crippen molar-refractivity contribution in [1.82, 2.24) is 20.0 Å². The van der Waals surface area contributed by atoms with Crippen LogP contribution in [0.1, 0.15) is 53.7 Å². The minimum atomic E-state index is -0.636. The molecular weight excluding hydrogens is 384 g/mol. The van der Waals surface area contributed by atoms with Gasteiger partial charge >= 0.3 is 0 Å². The molecule has 0 saturated heterocycles. The Kier molecular flexibility index (Phi) is 5.50. The van der Waals surface area contributed by atoms with Gasteiger partial charge in [-0.1, -0.05) is 24.2 Å². The van der Waals surface area contributed by atoms with Crippen molar-refractivity contribution in [2.24, 2.45) is 0 Å². The second kappa shape index (κ2) is 8.23. The number of carbonyl (C=O) groups is 1. The van der Waals surface area contributed by atoms with E-state index < -0.39 is 6.10 Å². The average molecular weight is 408 g/mol. The largest absolute Gasteiger partial charge is 0.392 e. The summed E-state index contributed by atoms with van der Waals surface area (Å²) in [6.45, 7) is 3.76. The summed E-state index contributed by atoms with van der Waals surface area (Å²) in [5.41, 5.74) is 3.10. The zero-order chi connectivity index (χ0) is 21.3. The monoisotopic (exact) mass is 408 g/mol. The summed E-state index contributed by atoms with van der Waals surface area (Å²) in [5, 5.41) is 16.5. The molecule has 3 aromatic rings. The van der Waals surface area contributed by atoms with Gasteiger partial charge in [-0.2, -0.15) is 4.98 Å². The molecular formula is C22H24N4O4. The quantitative estimate of drug-likeness (QED) is 0.647. The number of fused-ring (bicyclic) bond motifs is 1. The molecule has 0 radical (unpaired) electrons. The highest BCUT2D eigenvalue weighted by Crippen LogP contribution is 2.33. The SMILES string of the molecule is CCc1nc(-c2ccc3c(c2)CC[C@H]3NC(=O)c2ccn(CC(C)O)c(=O)c2)no1. The van der Waals surface area contributed by atoms with Crippen LogP contribution in [0.2, 0.25) is 0 Å². The summed E-state index contributed by atoms with van der Waals surface area (Å²) >= 11 is 0. The van der Waals surface area contributed by atoms with Gasteiger partial charge < -0.3 is 19.5 Å². The Labute approximate surface area is 173 Å². The number of nitrogens with one attached hydrogen (secondary N) is 1. The lowest BCUT2D eigenvalue weighted by atomic mass is 10.0. The first-order chi connectivity index (χ1) is 14.4. The number of nitrogens with zero attached hydrogens (tertiary/aromatic N) is 3. The molecule has 0 fully saturated rings. The van der Waals surface area contributed by atoms with Crippen molar-refractivity contribution >= 4 is 5.91 Å². The summed E-state index contributed by atoms with van der Waals surface area (Å²) in [7, 11) is 0. The van der Waals surface area contributed by atoms with E-state index in [0.29, 0.717) is 23.7 Å². The normalized spacial score (nSPS) is 16.3. The number of benzene rings is 1. The Bertz CT molecular complexity index is 1130. The van der Waals surface area contributed by atoms with Gasteiger partial charge in [0.25, 0.3) is 11.5 Å². The van der Waals surface area contributed by atoms with E-state index in [4.69, 9.17) is 4.52 Å². The van der Waals surface area contributed by atoms with Crippen LogP contribution in [0.15, 0.2) is 45.8 Å². The summed E-state index contributed by atoms with van der Waals surface area (Å²) in [6, 6.07) is 8.76. The van der Waals surface area contributed by atoms with Gasteiger partial charge in [0, 0.05) is 29.8 Å². The number of carbonyl (C=O) groups excluding carboxylic acids is 1. The van der Waals surface area contributed by atoms with Gasteiger partial charge in [-0.3, -0.25) is 9.59 Å². The Hall–Kier alpha value is -3.26. The lowest BCUT2D eigenvalue weighted by Crippen LogP contribution is -2.30. The topological polar surface area (TPSA) is 110 Å². The zero-order valence-corrected chi connectivity index (χ0v) is 17.0. The van der Waals surface area contributed by atoms with Crippen molar-refractivity contribution < 1.29 is 14.4 Å². The second-order valence-corrected chi connectivity index (χ2v) is 7.60. The Morgan fingerprint density at radius 2 is 2.20 bits per heavy atom. The number of hydrogen-bond acceptors (Lipinski definition) is 6. The van der Waals surface area contributed by atoms with Crippen LogP contribution in [0.4, 0.5) is 0 Å². The fourth-order valence-corrected chi connectivity index (χ4v) is 3.75.